The van der Waals surface area contributed by atoms with Crippen molar-refractivity contribution in [3.8, 4) is 0 Å². The molecule has 7 heteroatoms. The first kappa shape index (κ1) is 15.1. The first-order valence-electron chi connectivity index (χ1n) is 8.34. The number of anilines is 1. The van der Waals surface area contributed by atoms with Crippen molar-refractivity contribution in [1.82, 2.24) is 20.3 Å². The molecule has 0 spiro atoms. The van der Waals surface area contributed by atoms with Crippen molar-refractivity contribution < 1.29 is 9.53 Å². The molecule has 126 valence electrons. The van der Waals surface area contributed by atoms with Crippen LogP contribution in [-0.4, -0.2) is 53.2 Å². The highest BCUT2D eigenvalue weighted by atomic mass is 16.5. The van der Waals surface area contributed by atoms with Gasteiger partial charge in [0.15, 0.2) is 0 Å². The Hall–Kier alpha value is -2.41. The Labute approximate surface area is 140 Å². The minimum atomic E-state index is -0.128. The van der Waals surface area contributed by atoms with Gasteiger partial charge in [-0.1, -0.05) is 6.58 Å². The van der Waals surface area contributed by atoms with E-state index in [9.17, 15) is 4.79 Å². The number of nitrogens with zero attached hydrogens (tertiary/aromatic N) is 3. The van der Waals surface area contributed by atoms with E-state index in [4.69, 9.17) is 4.74 Å². The van der Waals surface area contributed by atoms with Crippen LogP contribution in [0.1, 0.15) is 24.3 Å². The van der Waals surface area contributed by atoms with Crippen molar-refractivity contribution in [3.63, 3.8) is 0 Å². The van der Waals surface area contributed by atoms with Crippen LogP contribution >= 0.6 is 0 Å². The monoisotopic (exact) mass is 327 g/mol. The van der Waals surface area contributed by atoms with E-state index < -0.39 is 0 Å². The highest BCUT2D eigenvalue weighted by Crippen LogP contribution is 2.36. The Bertz CT molecular complexity index is 759. The number of aromatic nitrogens is 3. The maximum absolute atomic E-state index is 11.4. The molecule has 2 fully saturated rings. The van der Waals surface area contributed by atoms with Gasteiger partial charge in [0, 0.05) is 32.5 Å². The molecule has 2 aliphatic rings. The van der Waals surface area contributed by atoms with Crippen LogP contribution in [0, 0.1) is 0 Å². The third-order valence-corrected chi connectivity index (χ3v) is 4.85. The van der Waals surface area contributed by atoms with Crippen LogP contribution in [0.3, 0.4) is 0 Å². The lowest BCUT2D eigenvalue weighted by molar-refractivity contribution is -0.117. The predicted octanol–water partition coefficient (Wildman–Crippen LogP) is 1.34. The van der Waals surface area contributed by atoms with Crippen LogP contribution in [0.4, 0.5) is 5.82 Å². The van der Waals surface area contributed by atoms with Crippen LogP contribution in [-0.2, 0) is 9.53 Å². The number of fused-ring (bicyclic) bond motifs is 1. The maximum Gasteiger partial charge on any atom is 0.243 e. The van der Waals surface area contributed by atoms with Gasteiger partial charge in [0.05, 0.1) is 11.4 Å². The predicted molar refractivity (Wildman–Crippen MR) is 91.0 cm³/mol. The number of hydrogen-bond donors (Lipinski definition) is 2. The first-order valence-corrected chi connectivity index (χ1v) is 8.34. The zero-order valence-corrected chi connectivity index (χ0v) is 13.5. The lowest BCUT2D eigenvalue weighted by atomic mass is 9.91. The SMILES string of the molecule is C=CC(=O)NC1CN(c2ncnc3[nH]cc(C4CCOCC4)c23)C1. The minimum absolute atomic E-state index is 0.128. The number of amides is 1. The van der Waals surface area contributed by atoms with Crippen LogP contribution in [0.2, 0.25) is 0 Å². The zero-order valence-electron chi connectivity index (χ0n) is 13.5. The van der Waals surface area contributed by atoms with Crippen LogP contribution in [0.5, 0.6) is 0 Å². The third-order valence-electron chi connectivity index (χ3n) is 4.85. The molecule has 0 atom stereocenters. The molecule has 4 rings (SSSR count). The van der Waals surface area contributed by atoms with Gasteiger partial charge in [0.2, 0.25) is 5.91 Å². The number of hydrogen-bond acceptors (Lipinski definition) is 5. The number of rotatable bonds is 4. The summed E-state index contributed by atoms with van der Waals surface area (Å²) in [6, 6.07) is 0.144. The fraction of sp³-hybridized carbons (Fsp3) is 0.471. The molecule has 2 N–H and O–H groups in total. The Morgan fingerprint density at radius 1 is 1.38 bits per heavy atom. The van der Waals surface area contributed by atoms with Crippen molar-refractivity contribution in [2.75, 3.05) is 31.2 Å². The Balaban J connectivity index is 1.58. The maximum atomic E-state index is 11.4. The molecule has 2 aromatic rings. The number of ether oxygens (including phenoxy) is 1. The molecule has 2 aliphatic heterocycles. The summed E-state index contributed by atoms with van der Waals surface area (Å²) in [5, 5.41) is 4.03. The quantitative estimate of drug-likeness (QED) is 0.828. The molecule has 24 heavy (non-hydrogen) atoms. The van der Waals surface area contributed by atoms with E-state index in [0.717, 1.165) is 56.0 Å². The van der Waals surface area contributed by atoms with Crippen LogP contribution < -0.4 is 10.2 Å². The average Bonchev–Trinajstić information content (AvgIpc) is 3.02. The summed E-state index contributed by atoms with van der Waals surface area (Å²) in [5.74, 6) is 1.30. The van der Waals surface area contributed by atoms with Gasteiger partial charge in [-0.25, -0.2) is 9.97 Å². The second-order valence-corrected chi connectivity index (χ2v) is 6.37. The molecule has 1 amide bonds. The number of nitrogens with one attached hydrogen (secondary N) is 2. The molecule has 4 heterocycles. The lowest BCUT2D eigenvalue weighted by Crippen LogP contribution is -2.59. The molecule has 0 aromatic carbocycles. The highest BCUT2D eigenvalue weighted by Gasteiger charge is 2.31. The van der Waals surface area contributed by atoms with Gasteiger partial charge in [0.25, 0.3) is 0 Å². The number of H-pyrrole nitrogens is 1. The van der Waals surface area contributed by atoms with E-state index in [1.807, 2.05) is 0 Å². The molecule has 0 bridgehead atoms. The zero-order chi connectivity index (χ0) is 16.5. The molecule has 0 radical (unpaired) electrons. The summed E-state index contributed by atoms with van der Waals surface area (Å²) < 4.78 is 5.48. The summed E-state index contributed by atoms with van der Waals surface area (Å²) in [4.78, 5) is 25.8. The first-order chi connectivity index (χ1) is 11.8. The summed E-state index contributed by atoms with van der Waals surface area (Å²) in [6.07, 6.45) is 7.02. The number of carbonyl (C=O) groups is 1. The van der Waals surface area contributed by atoms with E-state index in [-0.39, 0.29) is 11.9 Å². The number of carbonyl (C=O) groups excluding carboxylic acids is 1. The summed E-state index contributed by atoms with van der Waals surface area (Å²) >= 11 is 0. The van der Waals surface area contributed by atoms with Crippen molar-refractivity contribution in [2.24, 2.45) is 0 Å². The van der Waals surface area contributed by atoms with Crippen LogP contribution in [0.25, 0.3) is 11.0 Å². The molecule has 0 unspecified atom stereocenters. The average molecular weight is 327 g/mol. The lowest BCUT2D eigenvalue weighted by Gasteiger charge is -2.40. The number of aromatic amines is 1. The van der Waals surface area contributed by atoms with Gasteiger partial charge in [0.1, 0.15) is 17.8 Å². The summed E-state index contributed by atoms with van der Waals surface area (Å²) in [7, 11) is 0. The normalized spacial score (nSPS) is 19.2. The molecule has 0 aliphatic carbocycles. The van der Waals surface area contributed by atoms with Crippen molar-refractivity contribution in [3.05, 3.63) is 30.7 Å². The minimum Gasteiger partial charge on any atom is -0.381 e. The Kier molecular flexibility index (Phi) is 3.93. The van der Waals surface area contributed by atoms with E-state index in [0.29, 0.717) is 5.92 Å². The van der Waals surface area contributed by atoms with E-state index in [1.54, 1.807) is 6.33 Å². The van der Waals surface area contributed by atoms with Crippen LogP contribution in [0.15, 0.2) is 25.2 Å². The Morgan fingerprint density at radius 3 is 2.92 bits per heavy atom. The molecule has 2 aromatic heterocycles. The van der Waals surface area contributed by atoms with Gasteiger partial charge in [-0.3, -0.25) is 4.79 Å². The second-order valence-electron chi connectivity index (χ2n) is 6.37. The smallest absolute Gasteiger partial charge is 0.243 e. The van der Waals surface area contributed by atoms with Gasteiger partial charge >= 0.3 is 0 Å². The van der Waals surface area contributed by atoms with Gasteiger partial charge in [-0.15, -0.1) is 0 Å². The fourth-order valence-electron chi connectivity index (χ4n) is 3.54. The standard InChI is InChI=1S/C17H21N5O2/c1-2-14(23)21-12-8-22(9-12)17-15-13(11-3-5-24-6-4-11)7-18-16(15)19-10-20-17/h2,7,10-12H,1,3-6,8-9H2,(H,21,23)(H,18,19,20). The third kappa shape index (κ3) is 2.65. The van der Waals surface area contributed by atoms with Gasteiger partial charge < -0.3 is 19.9 Å². The molecule has 2 saturated heterocycles. The second kappa shape index (κ2) is 6.24. The molecular weight excluding hydrogens is 306 g/mol. The van der Waals surface area contributed by atoms with E-state index >= 15 is 0 Å². The summed E-state index contributed by atoms with van der Waals surface area (Å²) in [5.41, 5.74) is 2.16. The molecular formula is C17H21N5O2. The molecule has 0 saturated carbocycles. The molecule has 7 nitrogen and oxygen atoms in total. The van der Waals surface area contributed by atoms with Crippen molar-refractivity contribution >= 4 is 22.8 Å². The van der Waals surface area contributed by atoms with Gasteiger partial charge in [-0.05, 0) is 30.4 Å². The summed E-state index contributed by atoms with van der Waals surface area (Å²) in [6.45, 7) is 6.60. The topological polar surface area (TPSA) is 83.1 Å². The largest absolute Gasteiger partial charge is 0.381 e. The van der Waals surface area contributed by atoms with E-state index in [2.05, 4.69) is 37.9 Å². The fourth-order valence-corrected chi connectivity index (χ4v) is 3.54. The highest BCUT2D eigenvalue weighted by molar-refractivity contribution is 5.92. The Morgan fingerprint density at radius 2 is 2.17 bits per heavy atom. The van der Waals surface area contributed by atoms with Gasteiger partial charge in [-0.2, -0.15) is 0 Å². The van der Waals surface area contributed by atoms with E-state index in [1.165, 1.54) is 11.6 Å². The van der Waals surface area contributed by atoms with Crippen molar-refractivity contribution in [2.45, 2.75) is 24.8 Å². The van der Waals surface area contributed by atoms with Crippen molar-refractivity contribution in [1.29, 1.82) is 0 Å².